The Morgan fingerprint density at radius 2 is 1.69 bits per heavy atom. The quantitative estimate of drug-likeness (QED) is 0.374. The lowest BCUT2D eigenvalue weighted by Gasteiger charge is -2.26. The van der Waals surface area contributed by atoms with E-state index < -0.39 is 14.5 Å². The first-order valence-electron chi connectivity index (χ1n) is 5.66. The molecule has 0 fully saturated rings. The van der Waals surface area contributed by atoms with Crippen LogP contribution >= 0.6 is 0 Å². The molecule has 94 valence electrons. The molecular formula is C11H22O4Si. The minimum absolute atomic E-state index is 0.338. The number of esters is 1. The van der Waals surface area contributed by atoms with E-state index in [9.17, 15) is 4.79 Å². The maximum Gasteiger partial charge on any atom is 0.376 e. The highest BCUT2D eigenvalue weighted by atomic mass is 28.4. The van der Waals surface area contributed by atoms with Crippen LogP contribution in [0.15, 0.2) is 11.8 Å². The van der Waals surface area contributed by atoms with Gasteiger partial charge in [0, 0.05) is 13.2 Å². The van der Waals surface area contributed by atoms with Crippen molar-refractivity contribution in [2.45, 2.75) is 33.7 Å². The predicted octanol–water partition coefficient (Wildman–Crippen LogP) is 2.18. The van der Waals surface area contributed by atoms with Crippen molar-refractivity contribution in [3.05, 3.63) is 11.8 Å². The Hall–Kier alpha value is -0.653. The monoisotopic (exact) mass is 246 g/mol. The zero-order valence-electron chi connectivity index (χ0n) is 10.7. The molecule has 0 aromatic carbocycles. The van der Waals surface area contributed by atoms with Crippen molar-refractivity contribution in [3.63, 3.8) is 0 Å². The SMILES string of the molecule is C=C(C(=O)OCCC)[Si](C)(OCC)OCC. The van der Waals surface area contributed by atoms with Crippen LogP contribution in [0, 0.1) is 0 Å². The highest BCUT2D eigenvalue weighted by Gasteiger charge is 2.39. The zero-order valence-corrected chi connectivity index (χ0v) is 11.7. The van der Waals surface area contributed by atoms with E-state index in [-0.39, 0.29) is 0 Å². The van der Waals surface area contributed by atoms with Gasteiger partial charge in [0.05, 0.1) is 11.8 Å². The maximum absolute atomic E-state index is 11.7. The van der Waals surface area contributed by atoms with Crippen LogP contribution in [0.4, 0.5) is 0 Å². The summed E-state index contributed by atoms with van der Waals surface area (Å²) in [5.74, 6) is -0.405. The summed E-state index contributed by atoms with van der Waals surface area (Å²) in [6.07, 6.45) is 0.792. The molecule has 0 saturated carbocycles. The Kier molecular flexibility index (Phi) is 7.28. The number of rotatable bonds is 8. The molecule has 0 aliphatic heterocycles. The molecule has 0 bridgehead atoms. The number of ether oxygens (including phenoxy) is 1. The van der Waals surface area contributed by atoms with E-state index in [2.05, 4.69) is 6.58 Å². The molecule has 0 N–H and O–H groups in total. The molecule has 0 heterocycles. The molecule has 0 amide bonds. The molecule has 0 aliphatic carbocycles. The molecule has 0 atom stereocenters. The maximum atomic E-state index is 11.7. The standard InChI is InChI=1S/C11H22O4Si/c1-6-9-13-11(12)10(4)16(5,14-7-2)15-8-3/h4,6-9H2,1-3,5H3. The van der Waals surface area contributed by atoms with Gasteiger partial charge in [-0.05, 0) is 26.8 Å². The van der Waals surface area contributed by atoms with Gasteiger partial charge >= 0.3 is 14.5 Å². The largest absolute Gasteiger partial charge is 0.463 e. The smallest absolute Gasteiger partial charge is 0.376 e. The number of carbonyl (C=O) groups excluding carboxylic acids is 1. The summed E-state index contributed by atoms with van der Waals surface area (Å²) >= 11 is 0. The van der Waals surface area contributed by atoms with E-state index in [0.29, 0.717) is 25.0 Å². The van der Waals surface area contributed by atoms with Crippen LogP contribution in [0.1, 0.15) is 27.2 Å². The molecule has 0 unspecified atom stereocenters. The number of carbonyl (C=O) groups is 1. The minimum Gasteiger partial charge on any atom is -0.463 e. The van der Waals surface area contributed by atoms with Crippen LogP contribution in [-0.2, 0) is 18.4 Å². The third-order valence-corrected chi connectivity index (χ3v) is 5.05. The first kappa shape index (κ1) is 15.3. The van der Waals surface area contributed by atoms with Gasteiger partial charge in [-0.1, -0.05) is 13.5 Å². The second-order valence-electron chi connectivity index (χ2n) is 3.43. The van der Waals surface area contributed by atoms with Crippen LogP contribution < -0.4 is 0 Å². The normalized spacial score (nSPS) is 11.2. The lowest BCUT2D eigenvalue weighted by Crippen LogP contribution is -2.44. The molecule has 0 aromatic heterocycles. The summed E-state index contributed by atoms with van der Waals surface area (Å²) in [5, 5.41) is 0.338. The van der Waals surface area contributed by atoms with E-state index in [0.717, 1.165) is 6.42 Å². The highest BCUT2D eigenvalue weighted by molar-refractivity contribution is 6.78. The third kappa shape index (κ3) is 4.47. The van der Waals surface area contributed by atoms with Gasteiger partial charge in [-0.3, -0.25) is 0 Å². The fourth-order valence-corrected chi connectivity index (χ4v) is 3.21. The van der Waals surface area contributed by atoms with Crippen LogP contribution in [0.3, 0.4) is 0 Å². The van der Waals surface area contributed by atoms with Gasteiger partial charge in [-0.15, -0.1) is 0 Å². The number of hydrogen-bond donors (Lipinski definition) is 0. The molecule has 0 saturated heterocycles. The summed E-state index contributed by atoms with van der Waals surface area (Å²) in [5.41, 5.74) is 0. The Balaban J connectivity index is 4.53. The summed E-state index contributed by atoms with van der Waals surface area (Å²) in [6, 6.07) is 0. The molecule has 0 aliphatic rings. The molecule has 0 rings (SSSR count). The van der Waals surface area contributed by atoms with E-state index in [4.69, 9.17) is 13.6 Å². The van der Waals surface area contributed by atoms with Crippen molar-refractivity contribution < 1.29 is 18.4 Å². The first-order chi connectivity index (χ1) is 7.51. The second-order valence-corrected chi connectivity index (χ2v) is 6.50. The summed E-state index contributed by atoms with van der Waals surface area (Å²) < 4.78 is 16.1. The summed E-state index contributed by atoms with van der Waals surface area (Å²) in [7, 11) is -2.63. The van der Waals surface area contributed by atoms with Gasteiger partial charge in [0.25, 0.3) is 0 Å². The Labute approximate surface area is 98.8 Å². The van der Waals surface area contributed by atoms with Crippen LogP contribution in [0.5, 0.6) is 0 Å². The van der Waals surface area contributed by atoms with Gasteiger partial charge in [-0.2, -0.15) is 0 Å². The molecule has 4 nitrogen and oxygen atoms in total. The van der Waals surface area contributed by atoms with Crippen LogP contribution in [0.2, 0.25) is 6.55 Å². The van der Waals surface area contributed by atoms with Gasteiger partial charge in [0.15, 0.2) is 0 Å². The van der Waals surface area contributed by atoms with E-state index in [1.165, 1.54) is 0 Å². The van der Waals surface area contributed by atoms with Crippen molar-refractivity contribution in [3.8, 4) is 0 Å². The average molecular weight is 246 g/mol. The van der Waals surface area contributed by atoms with Gasteiger partial charge in [0.2, 0.25) is 0 Å². The lowest BCUT2D eigenvalue weighted by atomic mass is 10.5. The fourth-order valence-electron chi connectivity index (χ4n) is 1.23. The molecule has 16 heavy (non-hydrogen) atoms. The molecular weight excluding hydrogens is 224 g/mol. The minimum atomic E-state index is -2.63. The fraction of sp³-hybridized carbons (Fsp3) is 0.727. The average Bonchev–Trinajstić information content (AvgIpc) is 2.25. The van der Waals surface area contributed by atoms with Gasteiger partial charge in [-0.25, -0.2) is 4.79 Å². The Morgan fingerprint density at radius 3 is 2.06 bits per heavy atom. The van der Waals surface area contributed by atoms with Crippen LogP contribution in [0.25, 0.3) is 0 Å². The first-order valence-corrected chi connectivity index (χ1v) is 7.97. The van der Waals surface area contributed by atoms with Crippen molar-refractivity contribution in [2.24, 2.45) is 0 Å². The summed E-state index contributed by atoms with van der Waals surface area (Å²) in [6.45, 7) is 12.7. The van der Waals surface area contributed by atoms with Gasteiger partial charge in [0.1, 0.15) is 0 Å². The number of hydrogen-bond acceptors (Lipinski definition) is 4. The zero-order chi connectivity index (χ0) is 12.6. The molecule has 0 radical (unpaired) electrons. The third-order valence-electron chi connectivity index (χ3n) is 2.07. The Bertz CT molecular complexity index is 234. The predicted molar refractivity (Wildman–Crippen MR) is 65.3 cm³/mol. The second kappa shape index (κ2) is 7.59. The molecule has 0 spiro atoms. The lowest BCUT2D eigenvalue weighted by molar-refractivity contribution is -0.138. The van der Waals surface area contributed by atoms with Crippen LogP contribution in [-0.4, -0.2) is 34.4 Å². The molecule has 5 heteroatoms. The van der Waals surface area contributed by atoms with E-state index in [1.54, 1.807) is 0 Å². The Morgan fingerprint density at radius 1 is 1.19 bits per heavy atom. The van der Waals surface area contributed by atoms with Crippen molar-refractivity contribution in [1.29, 1.82) is 0 Å². The van der Waals surface area contributed by atoms with Crippen molar-refractivity contribution in [2.75, 3.05) is 19.8 Å². The van der Waals surface area contributed by atoms with Gasteiger partial charge < -0.3 is 13.6 Å². The molecule has 0 aromatic rings. The topological polar surface area (TPSA) is 44.8 Å². The van der Waals surface area contributed by atoms with Crippen molar-refractivity contribution in [1.82, 2.24) is 0 Å². The summed E-state index contributed by atoms with van der Waals surface area (Å²) in [4.78, 5) is 11.7. The van der Waals surface area contributed by atoms with Crippen molar-refractivity contribution >= 4 is 14.5 Å². The van der Waals surface area contributed by atoms with E-state index in [1.807, 2.05) is 27.3 Å². The van der Waals surface area contributed by atoms with E-state index >= 15 is 0 Å². The highest BCUT2D eigenvalue weighted by Crippen LogP contribution is 2.18.